The maximum absolute atomic E-state index is 5.81. The normalized spacial score (nSPS) is 15.8. The number of aromatic nitrogens is 3. The Bertz CT molecular complexity index is 3280. The van der Waals surface area contributed by atoms with Crippen LogP contribution in [0.15, 0.2) is 192 Å². The van der Waals surface area contributed by atoms with Crippen molar-refractivity contribution in [2.24, 2.45) is 5.92 Å². The molecule has 58 heavy (non-hydrogen) atoms. The van der Waals surface area contributed by atoms with Crippen LogP contribution in [-0.4, -0.2) is 27.8 Å². The number of hydrogen-bond acceptors (Lipinski definition) is 3. The summed E-state index contributed by atoms with van der Waals surface area (Å²) in [5.74, 6) is 1.17. The number of rotatable bonds is 5. The van der Waals surface area contributed by atoms with Crippen LogP contribution >= 0.6 is 11.3 Å². The van der Waals surface area contributed by atoms with Gasteiger partial charge in [0.25, 0.3) is 0 Å². The Labute approximate surface area is 343 Å². The van der Waals surface area contributed by atoms with Crippen molar-refractivity contribution >= 4 is 85.5 Å². The third-order valence-electron chi connectivity index (χ3n) is 12.4. The van der Waals surface area contributed by atoms with Crippen molar-refractivity contribution in [3.05, 3.63) is 198 Å². The van der Waals surface area contributed by atoms with E-state index in [4.69, 9.17) is 9.97 Å². The molecule has 12 rings (SSSR count). The summed E-state index contributed by atoms with van der Waals surface area (Å²) < 4.78 is 10.6. The fraction of sp³-hybridized carbons (Fsp3) is 0.0566. The van der Waals surface area contributed by atoms with Crippen LogP contribution in [0.25, 0.3) is 75.9 Å². The molecule has 3 aromatic heterocycles. The quantitative estimate of drug-likeness (QED) is 0.162. The molecule has 0 amide bonds. The minimum absolute atomic E-state index is 0.395. The molecule has 1 atom stereocenters. The standard InChI is InChI=1S/C53H37GeN3S/c1-34-29-32-44-43(33-34)48-49(55-53(35-17-5-2-6-18-35)56-52(48)54(44,36-19-7-3-8-20-36)37-21-9-4-10-22-37)42-25-12-15-27-46(42)57-45-26-14-11-23-38(45)40-30-31-41-39-24-13-16-28-47(39)58-51(41)50(40)57/h2-32,34H,33H2,1H3. The molecule has 3 nitrogen and oxygen atoms in total. The second-order valence-corrected chi connectivity index (χ2v) is 24.5. The van der Waals surface area contributed by atoms with Gasteiger partial charge in [-0.1, -0.05) is 0 Å². The van der Waals surface area contributed by atoms with Crippen molar-refractivity contribution < 1.29 is 0 Å². The van der Waals surface area contributed by atoms with Crippen molar-refractivity contribution in [2.45, 2.75) is 13.3 Å². The Kier molecular flexibility index (Phi) is 7.63. The molecule has 1 aliphatic carbocycles. The Morgan fingerprint density at radius 2 is 1.24 bits per heavy atom. The van der Waals surface area contributed by atoms with Crippen molar-refractivity contribution in [3.8, 4) is 28.3 Å². The van der Waals surface area contributed by atoms with E-state index in [2.05, 4.69) is 200 Å². The summed E-state index contributed by atoms with van der Waals surface area (Å²) >= 11 is -1.82. The van der Waals surface area contributed by atoms with Crippen LogP contribution in [0.4, 0.5) is 0 Å². The maximum atomic E-state index is 5.81. The van der Waals surface area contributed by atoms with Crippen LogP contribution in [0.1, 0.15) is 18.9 Å². The average molecular weight is 821 g/mol. The third kappa shape index (κ3) is 4.79. The van der Waals surface area contributed by atoms with Crippen LogP contribution in [-0.2, 0) is 0 Å². The van der Waals surface area contributed by atoms with Crippen LogP contribution in [0.2, 0.25) is 0 Å². The number of hydrogen-bond donors (Lipinski definition) is 0. The summed E-state index contributed by atoms with van der Waals surface area (Å²) in [6, 6.07) is 64.6. The number of nitrogens with zero attached hydrogens (tertiary/aromatic N) is 3. The molecule has 10 aromatic rings. The summed E-state index contributed by atoms with van der Waals surface area (Å²) in [7, 11) is 0. The minimum atomic E-state index is -3.71. The molecule has 0 radical (unpaired) electrons. The molecule has 4 heterocycles. The van der Waals surface area contributed by atoms with Gasteiger partial charge in [0.15, 0.2) is 0 Å². The summed E-state index contributed by atoms with van der Waals surface area (Å²) in [6.07, 6.45) is 5.87. The summed E-state index contributed by atoms with van der Waals surface area (Å²) in [5, 5.41) is 5.12. The fourth-order valence-corrected chi connectivity index (χ4v) is 21.9. The van der Waals surface area contributed by atoms with E-state index in [0.29, 0.717) is 5.92 Å². The summed E-state index contributed by atoms with van der Waals surface area (Å²) in [6.45, 7) is 2.35. The Balaban J connectivity index is 1.24. The Hall–Kier alpha value is -6.34. The molecule has 0 bridgehead atoms. The van der Waals surface area contributed by atoms with Crippen molar-refractivity contribution in [3.63, 3.8) is 0 Å². The molecule has 5 heteroatoms. The van der Waals surface area contributed by atoms with E-state index in [1.807, 2.05) is 11.3 Å². The van der Waals surface area contributed by atoms with Crippen LogP contribution in [0.5, 0.6) is 0 Å². The molecular weight excluding hydrogens is 783 g/mol. The third-order valence-corrected chi connectivity index (χ3v) is 23.6. The van der Waals surface area contributed by atoms with Gasteiger partial charge in [-0.15, -0.1) is 0 Å². The Morgan fingerprint density at radius 3 is 2.02 bits per heavy atom. The number of benzene rings is 7. The van der Waals surface area contributed by atoms with Crippen molar-refractivity contribution in [1.29, 1.82) is 0 Å². The average Bonchev–Trinajstić information content (AvgIpc) is 3.93. The molecular formula is C53H37GeN3S. The Morgan fingerprint density at radius 1 is 0.603 bits per heavy atom. The molecule has 0 spiro atoms. The van der Waals surface area contributed by atoms with Gasteiger partial charge < -0.3 is 0 Å². The van der Waals surface area contributed by atoms with Crippen molar-refractivity contribution in [1.82, 2.24) is 14.5 Å². The van der Waals surface area contributed by atoms with Gasteiger partial charge in [0.05, 0.1) is 0 Å². The van der Waals surface area contributed by atoms with Crippen molar-refractivity contribution in [2.75, 3.05) is 0 Å². The molecule has 274 valence electrons. The first-order valence-corrected chi connectivity index (χ1v) is 25.2. The molecule has 0 fully saturated rings. The van der Waals surface area contributed by atoms with Gasteiger partial charge in [-0.25, -0.2) is 0 Å². The van der Waals surface area contributed by atoms with E-state index in [-0.39, 0.29) is 0 Å². The molecule has 0 saturated carbocycles. The van der Waals surface area contributed by atoms with Gasteiger partial charge in [-0.05, 0) is 0 Å². The number of fused-ring (bicyclic) bond motifs is 9. The van der Waals surface area contributed by atoms with Gasteiger partial charge in [-0.2, -0.15) is 0 Å². The second kappa shape index (κ2) is 13.1. The number of thiophene rings is 1. The van der Waals surface area contributed by atoms with E-state index in [1.165, 1.54) is 70.8 Å². The van der Waals surface area contributed by atoms with Crippen LogP contribution in [0.3, 0.4) is 0 Å². The SMILES string of the molecule is CC1C=C[C]2=C(C1)c1c(-c3ccccc3-n3c4ccccc4c4ccc5c6ccccc6sc5c43)nc(-c3ccccc3)n[c]1[Ge]2([c]1ccccc1)[c]1ccccc1. The number of allylic oxidation sites excluding steroid dienone is 4. The topological polar surface area (TPSA) is 30.7 Å². The first-order chi connectivity index (χ1) is 28.7. The molecule has 0 N–H and O–H groups in total. The van der Waals surface area contributed by atoms with E-state index >= 15 is 0 Å². The fourth-order valence-electron chi connectivity index (χ4n) is 9.98. The summed E-state index contributed by atoms with van der Waals surface area (Å²) in [5.41, 5.74) is 9.38. The molecule has 1 unspecified atom stereocenters. The zero-order chi connectivity index (χ0) is 38.4. The molecule has 1 aliphatic heterocycles. The van der Waals surface area contributed by atoms with Gasteiger partial charge in [0.2, 0.25) is 0 Å². The first kappa shape index (κ1) is 33.8. The zero-order valence-electron chi connectivity index (χ0n) is 31.9. The second-order valence-electron chi connectivity index (χ2n) is 15.7. The molecule has 2 aliphatic rings. The van der Waals surface area contributed by atoms with Gasteiger partial charge in [-0.3, -0.25) is 0 Å². The first-order valence-electron chi connectivity index (χ1n) is 20.1. The van der Waals surface area contributed by atoms with E-state index in [9.17, 15) is 0 Å². The number of para-hydroxylation sites is 2. The summed E-state index contributed by atoms with van der Waals surface area (Å²) in [4.78, 5) is 11.5. The zero-order valence-corrected chi connectivity index (χ0v) is 34.8. The van der Waals surface area contributed by atoms with Crippen LogP contribution < -0.4 is 13.3 Å². The predicted octanol–water partition coefficient (Wildman–Crippen LogP) is 11.6. The van der Waals surface area contributed by atoms with E-state index < -0.39 is 13.3 Å². The van der Waals surface area contributed by atoms with Gasteiger partial charge in [0.1, 0.15) is 0 Å². The molecule has 7 aromatic carbocycles. The van der Waals surface area contributed by atoms with E-state index in [0.717, 1.165) is 34.8 Å². The van der Waals surface area contributed by atoms with E-state index in [1.54, 1.807) is 0 Å². The van der Waals surface area contributed by atoms with Gasteiger partial charge >= 0.3 is 346 Å². The van der Waals surface area contributed by atoms with Crippen LogP contribution in [0, 0.1) is 5.92 Å². The monoisotopic (exact) mass is 821 g/mol. The predicted molar refractivity (Wildman–Crippen MR) is 248 cm³/mol. The van der Waals surface area contributed by atoms with Gasteiger partial charge in [0, 0.05) is 0 Å². The molecule has 0 saturated heterocycles.